The summed E-state index contributed by atoms with van der Waals surface area (Å²) in [6.07, 6.45) is 3.48. The van der Waals surface area contributed by atoms with E-state index in [-0.39, 0.29) is 5.91 Å². The molecule has 5 heteroatoms. The maximum Gasteiger partial charge on any atom is 0.284 e. The number of nitrogens with zero attached hydrogens (tertiary/aromatic N) is 1. The molecule has 1 aliphatic heterocycles. The number of hydrogen-bond acceptors (Lipinski definition) is 4. The Morgan fingerprint density at radius 3 is 3.14 bits per heavy atom. The molecule has 1 saturated heterocycles. The first kappa shape index (κ1) is 15.5. The predicted octanol–water partition coefficient (Wildman–Crippen LogP) is 3.44. The number of likely N-dealkylation sites (tertiary alicyclic amines) is 1. The Hall–Kier alpha value is -1.43. The first-order chi connectivity index (χ1) is 10.8. The molecule has 1 aromatic carbocycles. The fourth-order valence-corrected chi connectivity index (χ4v) is 4.04. The molecule has 0 aliphatic carbocycles. The summed E-state index contributed by atoms with van der Waals surface area (Å²) in [5.74, 6) is -0.153. The number of thiophene rings is 1. The van der Waals surface area contributed by atoms with E-state index in [0.717, 1.165) is 23.1 Å². The topological polar surface area (TPSA) is 41.6 Å². The van der Waals surface area contributed by atoms with Crippen LogP contribution in [0.4, 0.5) is 0 Å². The highest BCUT2D eigenvalue weighted by Gasteiger charge is 2.22. The Balaban J connectivity index is 1.46. The summed E-state index contributed by atoms with van der Waals surface area (Å²) >= 11 is 1.49. The van der Waals surface area contributed by atoms with Crippen molar-refractivity contribution >= 4 is 27.3 Å². The number of benzene rings is 1. The van der Waals surface area contributed by atoms with Crippen molar-refractivity contribution in [3.63, 3.8) is 0 Å². The molecule has 118 valence electrons. The van der Waals surface area contributed by atoms with Crippen LogP contribution in [-0.4, -0.2) is 36.5 Å². The molecule has 1 amide bonds. The zero-order valence-electron chi connectivity index (χ0n) is 12.9. The molecule has 2 aromatic rings. The molecule has 0 saturated carbocycles. The highest BCUT2D eigenvalue weighted by Crippen LogP contribution is 2.25. The van der Waals surface area contributed by atoms with Crippen LogP contribution in [0.15, 0.2) is 30.3 Å². The smallest absolute Gasteiger partial charge is 0.284 e. The van der Waals surface area contributed by atoms with Crippen LogP contribution < -0.4 is 5.48 Å². The number of nitrogens with one attached hydrogen (secondary N) is 1. The van der Waals surface area contributed by atoms with E-state index in [2.05, 4.69) is 17.3 Å². The highest BCUT2D eigenvalue weighted by atomic mass is 32.1. The molecule has 0 bridgehead atoms. The van der Waals surface area contributed by atoms with Crippen molar-refractivity contribution in [2.45, 2.75) is 32.2 Å². The lowest BCUT2D eigenvalue weighted by Gasteiger charge is -2.22. The summed E-state index contributed by atoms with van der Waals surface area (Å²) in [4.78, 5) is 20.7. The lowest BCUT2D eigenvalue weighted by Crippen LogP contribution is -2.31. The van der Waals surface area contributed by atoms with Gasteiger partial charge in [-0.05, 0) is 49.9 Å². The molecule has 0 radical (unpaired) electrons. The molecule has 0 spiro atoms. The molecular weight excluding hydrogens is 296 g/mol. The summed E-state index contributed by atoms with van der Waals surface area (Å²) in [5.41, 5.74) is 2.57. The van der Waals surface area contributed by atoms with E-state index in [1.807, 2.05) is 30.3 Å². The Morgan fingerprint density at radius 2 is 2.32 bits per heavy atom. The predicted molar refractivity (Wildman–Crippen MR) is 90.1 cm³/mol. The minimum atomic E-state index is -0.153. The maximum atomic E-state index is 12.1. The van der Waals surface area contributed by atoms with Crippen LogP contribution in [0, 0.1) is 0 Å². The van der Waals surface area contributed by atoms with Crippen LogP contribution in [0.1, 0.15) is 35.9 Å². The van der Waals surface area contributed by atoms with Crippen LogP contribution in [-0.2, 0) is 4.84 Å². The SMILES string of the molecule is CCN1CCCC1CCONC(=O)c1cc2ccccc2s1. The van der Waals surface area contributed by atoms with Gasteiger partial charge in [-0.2, -0.15) is 0 Å². The van der Waals surface area contributed by atoms with Crippen LogP contribution >= 0.6 is 11.3 Å². The fraction of sp³-hybridized carbons (Fsp3) is 0.471. The molecule has 1 unspecified atom stereocenters. The van der Waals surface area contributed by atoms with Crippen molar-refractivity contribution in [2.24, 2.45) is 0 Å². The minimum Gasteiger partial charge on any atom is -0.301 e. The molecule has 1 aromatic heterocycles. The lowest BCUT2D eigenvalue weighted by atomic mass is 10.1. The Bertz CT molecular complexity index is 607. The van der Waals surface area contributed by atoms with Gasteiger partial charge in [0.25, 0.3) is 5.91 Å². The van der Waals surface area contributed by atoms with Crippen molar-refractivity contribution in [3.05, 3.63) is 35.2 Å². The molecular formula is C17H22N2O2S. The van der Waals surface area contributed by atoms with E-state index in [9.17, 15) is 4.79 Å². The quantitative estimate of drug-likeness (QED) is 0.655. The molecule has 3 rings (SSSR count). The van der Waals surface area contributed by atoms with E-state index in [0.29, 0.717) is 17.5 Å². The van der Waals surface area contributed by atoms with Gasteiger partial charge in [0.1, 0.15) is 0 Å². The second-order valence-corrected chi connectivity index (χ2v) is 6.73. The Kier molecular flexibility index (Phi) is 5.08. The first-order valence-electron chi connectivity index (χ1n) is 7.92. The Morgan fingerprint density at radius 1 is 1.45 bits per heavy atom. The van der Waals surface area contributed by atoms with Crippen molar-refractivity contribution in [1.29, 1.82) is 0 Å². The van der Waals surface area contributed by atoms with Crippen molar-refractivity contribution < 1.29 is 9.63 Å². The summed E-state index contributed by atoms with van der Waals surface area (Å²) in [5, 5.41) is 1.10. The third-order valence-corrected chi connectivity index (χ3v) is 5.39. The number of amides is 1. The fourth-order valence-electron chi connectivity index (χ4n) is 3.09. The van der Waals surface area contributed by atoms with E-state index in [1.165, 1.54) is 30.7 Å². The third kappa shape index (κ3) is 3.48. The lowest BCUT2D eigenvalue weighted by molar-refractivity contribution is 0.0246. The van der Waals surface area contributed by atoms with Gasteiger partial charge in [0.15, 0.2) is 0 Å². The zero-order chi connectivity index (χ0) is 15.4. The number of rotatable bonds is 6. The second kappa shape index (κ2) is 7.22. The molecule has 1 fully saturated rings. The van der Waals surface area contributed by atoms with Crippen molar-refractivity contribution in [2.75, 3.05) is 19.7 Å². The minimum absolute atomic E-state index is 0.153. The van der Waals surface area contributed by atoms with Gasteiger partial charge in [-0.15, -0.1) is 11.3 Å². The molecule has 1 aliphatic rings. The third-order valence-electron chi connectivity index (χ3n) is 4.27. The van der Waals surface area contributed by atoms with E-state index in [4.69, 9.17) is 4.84 Å². The van der Waals surface area contributed by atoms with Gasteiger partial charge in [0.2, 0.25) is 0 Å². The molecule has 4 nitrogen and oxygen atoms in total. The molecule has 1 atom stereocenters. The summed E-state index contributed by atoms with van der Waals surface area (Å²) in [6.45, 7) is 5.05. The first-order valence-corrected chi connectivity index (χ1v) is 8.74. The van der Waals surface area contributed by atoms with Gasteiger partial charge < -0.3 is 4.90 Å². The van der Waals surface area contributed by atoms with E-state index >= 15 is 0 Å². The van der Waals surface area contributed by atoms with E-state index in [1.54, 1.807) is 0 Å². The van der Waals surface area contributed by atoms with Crippen LogP contribution in [0.2, 0.25) is 0 Å². The molecule has 1 N–H and O–H groups in total. The van der Waals surface area contributed by atoms with Crippen molar-refractivity contribution in [3.8, 4) is 0 Å². The van der Waals surface area contributed by atoms with Crippen LogP contribution in [0.5, 0.6) is 0 Å². The van der Waals surface area contributed by atoms with Gasteiger partial charge in [0, 0.05) is 10.7 Å². The van der Waals surface area contributed by atoms with Crippen LogP contribution in [0.3, 0.4) is 0 Å². The summed E-state index contributed by atoms with van der Waals surface area (Å²) in [6, 6.07) is 10.5. The molecule has 2 heterocycles. The Labute approximate surface area is 135 Å². The maximum absolute atomic E-state index is 12.1. The van der Waals surface area contributed by atoms with Gasteiger partial charge >= 0.3 is 0 Å². The number of fused-ring (bicyclic) bond motifs is 1. The average molecular weight is 318 g/mol. The number of hydrogen-bond donors (Lipinski definition) is 1. The number of carbonyl (C=O) groups is 1. The van der Waals surface area contributed by atoms with Gasteiger partial charge in [-0.1, -0.05) is 25.1 Å². The van der Waals surface area contributed by atoms with Gasteiger partial charge in [-0.25, -0.2) is 5.48 Å². The number of carbonyl (C=O) groups excluding carboxylic acids is 1. The second-order valence-electron chi connectivity index (χ2n) is 5.64. The molecule has 22 heavy (non-hydrogen) atoms. The van der Waals surface area contributed by atoms with Crippen LogP contribution in [0.25, 0.3) is 10.1 Å². The highest BCUT2D eigenvalue weighted by molar-refractivity contribution is 7.20. The van der Waals surface area contributed by atoms with Gasteiger partial charge in [0.05, 0.1) is 11.5 Å². The zero-order valence-corrected chi connectivity index (χ0v) is 13.7. The summed E-state index contributed by atoms with van der Waals surface area (Å²) in [7, 11) is 0. The largest absolute Gasteiger partial charge is 0.301 e. The average Bonchev–Trinajstić information content (AvgIpc) is 3.17. The standard InChI is InChI=1S/C17H22N2O2S/c1-2-19-10-5-7-14(19)9-11-21-18-17(20)16-12-13-6-3-4-8-15(13)22-16/h3-4,6,8,12,14H,2,5,7,9-11H2,1H3,(H,18,20). The number of hydroxylamine groups is 1. The van der Waals surface area contributed by atoms with E-state index < -0.39 is 0 Å². The monoisotopic (exact) mass is 318 g/mol. The van der Waals surface area contributed by atoms with Crippen molar-refractivity contribution in [1.82, 2.24) is 10.4 Å². The van der Waals surface area contributed by atoms with Gasteiger partial charge in [-0.3, -0.25) is 9.63 Å². The normalized spacial score (nSPS) is 18.9. The summed E-state index contributed by atoms with van der Waals surface area (Å²) < 4.78 is 1.12.